The Labute approximate surface area is 217 Å². The van der Waals surface area contributed by atoms with Crippen molar-refractivity contribution < 1.29 is 24.8 Å². The van der Waals surface area contributed by atoms with Gasteiger partial charge in [0.05, 0.1) is 19.3 Å². The summed E-state index contributed by atoms with van der Waals surface area (Å²) in [5, 5.41) is 32.4. The lowest BCUT2D eigenvalue weighted by atomic mass is 10.1. The zero-order valence-electron chi connectivity index (χ0n) is 22.1. The highest BCUT2D eigenvalue weighted by Crippen LogP contribution is 2.22. The highest BCUT2D eigenvalue weighted by Gasteiger charge is 2.09. The van der Waals surface area contributed by atoms with Gasteiger partial charge >= 0.3 is 0 Å². The van der Waals surface area contributed by atoms with Gasteiger partial charge in [-0.15, -0.1) is 0 Å². The lowest BCUT2D eigenvalue weighted by molar-refractivity contribution is 0.127. The third kappa shape index (κ3) is 12.7. The second kappa shape index (κ2) is 19.1. The largest absolute Gasteiger partial charge is 0.508 e. The quantitative estimate of drug-likeness (QED) is 0.165. The minimum absolute atomic E-state index is 0.0503. The van der Waals surface area contributed by atoms with E-state index in [0.29, 0.717) is 17.7 Å². The maximum atomic E-state index is 10.3. The molecule has 2 rings (SSSR count). The number of aliphatic hydroxyl groups excluding tert-OH is 2. The van der Waals surface area contributed by atoms with Crippen LogP contribution in [0.5, 0.6) is 11.5 Å². The molecule has 4 N–H and O–H groups in total. The summed E-state index contributed by atoms with van der Waals surface area (Å²) in [5.41, 5.74) is 2.45. The summed E-state index contributed by atoms with van der Waals surface area (Å²) < 4.78 is 11.6. The van der Waals surface area contributed by atoms with E-state index in [1.807, 2.05) is 0 Å². The molecule has 2 aromatic rings. The molecule has 0 heterocycles. The Morgan fingerprint density at radius 2 is 1.56 bits per heavy atom. The van der Waals surface area contributed by atoms with Crippen molar-refractivity contribution in [1.29, 1.82) is 0 Å². The first-order chi connectivity index (χ1) is 17.6. The van der Waals surface area contributed by atoms with E-state index in [1.165, 1.54) is 30.9 Å². The molecule has 0 saturated heterocycles. The first-order valence-corrected chi connectivity index (χ1v) is 13.7. The monoisotopic (exact) mass is 501 g/mol. The van der Waals surface area contributed by atoms with Crippen molar-refractivity contribution in [2.24, 2.45) is 0 Å². The molecule has 0 fully saturated rings. The minimum Gasteiger partial charge on any atom is -0.508 e. The molecule has 36 heavy (non-hydrogen) atoms. The van der Waals surface area contributed by atoms with Crippen molar-refractivity contribution in [2.45, 2.75) is 83.8 Å². The van der Waals surface area contributed by atoms with Gasteiger partial charge in [0.15, 0.2) is 0 Å². The maximum Gasteiger partial charge on any atom is 0.121 e. The first-order valence-electron chi connectivity index (χ1n) is 13.7. The van der Waals surface area contributed by atoms with E-state index < -0.39 is 6.10 Å². The molecular weight excluding hydrogens is 454 g/mol. The van der Waals surface area contributed by atoms with Crippen molar-refractivity contribution in [3.63, 3.8) is 0 Å². The fourth-order valence-electron chi connectivity index (χ4n) is 4.06. The molecule has 0 radical (unpaired) electrons. The van der Waals surface area contributed by atoms with Crippen LogP contribution < -0.4 is 10.1 Å². The van der Waals surface area contributed by atoms with Gasteiger partial charge in [0, 0.05) is 25.3 Å². The van der Waals surface area contributed by atoms with E-state index in [1.54, 1.807) is 12.1 Å². The van der Waals surface area contributed by atoms with E-state index in [9.17, 15) is 15.3 Å². The highest BCUT2D eigenvalue weighted by atomic mass is 16.5. The summed E-state index contributed by atoms with van der Waals surface area (Å²) in [6.45, 7) is 5.70. The van der Waals surface area contributed by atoms with Crippen LogP contribution in [-0.2, 0) is 17.8 Å². The number of nitrogens with one attached hydrogen (secondary N) is 1. The van der Waals surface area contributed by atoms with Crippen molar-refractivity contribution in [2.75, 3.05) is 32.9 Å². The van der Waals surface area contributed by atoms with Gasteiger partial charge in [0.2, 0.25) is 0 Å². The molecule has 2 aromatic carbocycles. The van der Waals surface area contributed by atoms with Crippen molar-refractivity contribution in [3.05, 3.63) is 59.2 Å². The van der Waals surface area contributed by atoms with Crippen LogP contribution in [0.1, 0.15) is 87.5 Å². The molecule has 0 aliphatic carbocycles. The lowest BCUT2D eigenvalue weighted by Gasteiger charge is -2.14. The number of aromatic hydroxyl groups is 1. The highest BCUT2D eigenvalue weighted by molar-refractivity contribution is 5.36. The topological polar surface area (TPSA) is 91.2 Å². The van der Waals surface area contributed by atoms with Gasteiger partial charge in [-0.05, 0) is 74.0 Å². The molecule has 0 amide bonds. The third-order valence-corrected chi connectivity index (χ3v) is 6.33. The van der Waals surface area contributed by atoms with Crippen molar-refractivity contribution in [1.82, 2.24) is 5.32 Å². The summed E-state index contributed by atoms with van der Waals surface area (Å²) in [6, 6.07) is 13.3. The van der Waals surface area contributed by atoms with Gasteiger partial charge < -0.3 is 30.1 Å². The number of rotatable bonds is 21. The Kier molecular flexibility index (Phi) is 15.9. The van der Waals surface area contributed by atoms with Crippen LogP contribution in [0.4, 0.5) is 0 Å². The normalized spacial score (nSPS) is 12.1. The molecule has 0 aromatic heterocycles. The average Bonchev–Trinajstić information content (AvgIpc) is 2.90. The Balaban J connectivity index is 1.40. The number of phenols is 1. The number of hydrogen-bond acceptors (Lipinski definition) is 6. The predicted octanol–water partition coefficient (Wildman–Crippen LogP) is 5.68. The second-order valence-electron chi connectivity index (χ2n) is 9.45. The van der Waals surface area contributed by atoms with Gasteiger partial charge in [-0.25, -0.2) is 0 Å². The first kappa shape index (κ1) is 30.1. The molecule has 6 heteroatoms. The predicted molar refractivity (Wildman–Crippen MR) is 146 cm³/mol. The fourth-order valence-corrected chi connectivity index (χ4v) is 4.06. The molecule has 0 aliphatic rings. The molecule has 0 saturated carbocycles. The summed E-state index contributed by atoms with van der Waals surface area (Å²) in [6.07, 6.45) is 10.7. The van der Waals surface area contributed by atoms with Crippen LogP contribution in [0, 0.1) is 0 Å². The maximum absolute atomic E-state index is 10.3. The Bertz CT molecular complexity index is 811. The van der Waals surface area contributed by atoms with Gasteiger partial charge in [-0.1, -0.05) is 57.2 Å². The Morgan fingerprint density at radius 3 is 2.33 bits per heavy atom. The van der Waals surface area contributed by atoms with Crippen LogP contribution in [0.25, 0.3) is 0 Å². The third-order valence-electron chi connectivity index (χ3n) is 6.33. The zero-order chi connectivity index (χ0) is 25.8. The number of unbranched alkanes of at least 4 members (excludes halogenated alkanes) is 6. The Morgan fingerprint density at radius 1 is 0.833 bits per heavy atom. The van der Waals surface area contributed by atoms with Crippen LogP contribution >= 0.6 is 0 Å². The average molecular weight is 502 g/mol. The molecule has 1 unspecified atom stereocenters. The second-order valence-corrected chi connectivity index (χ2v) is 9.45. The molecule has 1 atom stereocenters. The molecule has 0 bridgehead atoms. The number of aryl methyl sites for hydroxylation is 1. The van der Waals surface area contributed by atoms with Gasteiger partial charge in [0.25, 0.3) is 0 Å². The summed E-state index contributed by atoms with van der Waals surface area (Å²) >= 11 is 0. The smallest absolute Gasteiger partial charge is 0.121 e. The summed E-state index contributed by atoms with van der Waals surface area (Å²) in [7, 11) is 0. The lowest BCUT2D eigenvalue weighted by Crippen LogP contribution is -2.22. The zero-order valence-corrected chi connectivity index (χ0v) is 22.1. The van der Waals surface area contributed by atoms with Gasteiger partial charge in [0.1, 0.15) is 11.5 Å². The summed E-state index contributed by atoms with van der Waals surface area (Å²) in [5.74, 6) is 1.01. The van der Waals surface area contributed by atoms with Crippen LogP contribution in [-0.4, -0.2) is 48.2 Å². The number of hydrogen-bond donors (Lipinski definition) is 4. The van der Waals surface area contributed by atoms with Crippen LogP contribution in [0.15, 0.2) is 42.5 Å². The van der Waals surface area contributed by atoms with E-state index in [4.69, 9.17) is 9.47 Å². The van der Waals surface area contributed by atoms with Crippen molar-refractivity contribution in [3.8, 4) is 11.5 Å². The minimum atomic E-state index is -0.657. The van der Waals surface area contributed by atoms with E-state index in [0.717, 1.165) is 77.1 Å². The SMILES string of the molecule is CCCCCCOc1ccc(CCCOCCCCCCNCC(O)c2ccc(O)c(CO)c2)cc1. The van der Waals surface area contributed by atoms with Gasteiger partial charge in [-0.2, -0.15) is 0 Å². The van der Waals surface area contributed by atoms with Crippen molar-refractivity contribution >= 4 is 0 Å². The van der Waals surface area contributed by atoms with E-state index in [-0.39, 0.29) is 12.4 Å². The summed E-state index contributed by atoms with van der Waals surface area (Å²) in [4.78, 5) is 0. The Hall–Kier alpha value is -2.12. The number of aliphatic hydroxyl groups is 2. The van der Waals surface area contributed by atoms with E-state index >= 15 is 0 Å². The van der Waals surface area contributed by atoms with Gasteiger partial charge in [-0.3, -0.25) is 0 Å². The standard InChI is InChI=1S/C30H47NO5/c1-2-3-4-9-21-36-28-15-12-25(13-16-28)11-10-20-35-19-8-6-5-7-18-31-23-30(34)26-14-17-29(33)27(22-26)24-32/h12-17,22,30-34H,2-11,18-21,23-24H2,1H3. The number of benzene rings is 2. The fraction of sp³-hybridized carbons (Fsp3) is 0.600. The van der Waals surface area contributed by atoms with E-state index in [2.05, 4.69) is 36.5 Å². The van der Waals surface area contributed by atoms with Crippen LogP contribution in [0.3, 0.4) is 0 Å². The molecule has 0 aliphatic heterocycles. The molecule has 202 valence electrons. The number of ether oxygens (including phenoxy) is 2. The molecule has 0 spiro atoms. The van der Waals surface area contributed by atoms with Crippen LogP contribution in [0.2, 0.25) is 0 Å². The molecule has 6 nitrogen and oxygen atoms in total. The molecular formula is C30H47NO5.